The Bertz CT molecular complexity index is 945. The molecule has 0 spiro atoms. The number of hydrogen-bond donors (Lipinski definition) is 2. The van der Waals surface area contributed by atoms with E-state index in [0.717, 1.165) is 16.9 Å². The molecular weight excluding hydrogens is 364 g/mol. The van der Waals surface area contributed by atoms with Gasteiger partial charge in [-0.25, -0.2) is 0 Å². The highest BCUT2D eigenvalue weighted by Crippen LogP contribution is 2.39. The van der Waals surface area contributed by atoms with Crippen molar-refractivity contribution in [2.24, 2.45) is 5.73 Å². The molecule has 0 aliphatic heterocycles. The van der Waals surface area contributed by atoms with Gasteiger partial charge < -0.3 is 20.9 Å². The molecule has 0 atom stereocenters. The summed E-state index contributed by atoms with van der Waals surface area (Å²) in [7, 11) is 1.57. The molecule has 2 heterocycles. The summed E-state index contributed by atoms with van der Waals surface area (Å²) in [5.74, 6) is -0.612. The van der Waals surface area contributed by atoms with Gasteiger partial charge >= 0.3 is 6.01 Å². The fourth-order valence-electron chi connectivity index (χ4n) is 2.31. The number of amides is 1. The molecular formula is C16H15ClN4O3S. The van der Waals surface area contributed by atoms with Gasteiger partial charge in [-0.3, -0.25) is 4.79 Å². The zero-order chi connectivity index (χ0) is 18.0. The first-order valence-corrected chi connectivity index (χ1v) is 8.48. The van der Waals surface area contributed by atoms with Crippen molar-refractivity contribution >= 4 is 44.7 Å². The van der Waals surface area contributed by atoms with E-state index < -0.39 is 5.91 Å². The lowest BCUT2D eigenvalue weighted by molar-refractivity contribution is 0.100. The first-order chi connectivity index (χ1) is 12.0. The predicted octanol–water partition coefficient (Wildman–Crippen LogP) is 2.72. The van der Waals surface area contributed by atoms with Gasteiger partial charge in [-0.2, -0.15) is 9.97 Å². The van der Waals surface area contributed by atoms with Crippen molar-refractivity contribution in [1.82, 2.24) is 9.97 Å². The standard InChI is InChI=1S/C16H15ClN4O3S/c1-23-5-6-24-16-20-12(8-3-2-4-9(17)7-8)10-11(18)13(14(19)22)25-15(10)21-16/h2-4,7H,5-6,18H2,1H3,(H2,19,22). The molecule has 0 bridgehead atoms. The van der Waals surface area contributed by atoms with Crippen LogP contribution in [0.2, 0.25) is 5.02 Å². The lowest BCUT2D eigenvalue weighted by atomic mass is 10.1. The first kappa shape index (κ1) is 17.4. The maximum Gasteiger partial charge on any atom is 0.318 e. The van der Waals surface area contributed by atoms with Gasteiger partial charge in [0.05, 0.1) is 23.4 Å². The number of aromatic nitrogens is 2. The van der Waals surface area contributed by atoms with Crippen molar-refractivity contribution in [2.45, 2.75) is 0 Å². The Hall–Kier alpha value is -2.42. The predicted molar refractivity (Wildman–Crippen MR) is 98.2 cm³/mol. The van der Waals surface area contributed by atoms with Crippen LogP contribution in [-0.4, -0.2) is 36.2 Å². The van der Waals surface area contributed by atoms with Crippen molar-refractivity contribution in [3.8, 4) is 17.3 Å². The molecule has 0 saturated carbocycles. The van der Waals surface area contributed by atoms with Crippen LogP contribution in [0.4, 0.5) is 5.69 Å². The number of primary amides is 1. The summed E-state index contributed by atoms with van der Waals surface area (Å²) in [6.45, 7) is 0.688. The molecule has 4 N–H and O–H groups in total. The fourth-order valence-corrected chi connectivity index (χ4v) is 3.44. The molecule has 130 valence electrons. The van der Waals surface area contributed by atoms with E-state index in [9.17, 15) is 4.79 Å². The summed E-state index contributed by atoms with van der Waals surface area (Å²) in [5, 5.41) is 1.11. The Kier molecular flexibility index (Phi) is 5.03. The summed E-state index contributed by atoms with van der Waals surface area (Å²) in [6.07, 6.45) is 0. The minimum absolute atomic E-state index is 0.164. The minimum atomic E-state index is -0.612. The van der Waals surface area contributed by atoms with Gasteiger partial charge in [0.15, 0.2) is 0 Å². The Morgan fingerprint density at radius 1 is 1.32 bits per heavy atom. The monoisotopic (exact) mass is 378 g/mol. The molecule has 0 radical (unpaired) electrons. The number of carbonyl (C=O) groups is 1. The minimum Gasteiger partial charge on any atom is -0.461 e. The second kappa shape index (κ2) is 7.22. The third-order valence-corrected chi connectivity index (χ3v) is 4.76. The number of ether oxygens (including phenoxy) is 2. The average Bonchev–Trinajstić information content (AvgIpc) is 2.92. The van der Waals surface area contributed by atoms with Crippen LogP contribution in [0, 0.1) is 0 Å². The van der Waals surface area contributed by atoms with Crippen LogP contribution in [0.15, 0.2) is 24.3 Å². The van der Waals surface area contributed by atoms with Gasteiger partial charge in [0.1, 0.15) is 16.3 Å². The topological polar surface area (TPSA) is 113 Å². The fraction of sp³-hybridized carbons (Fsp3) is 0.188. The molecule has 3 aromatic rings. The maximum absolute atomic E-state index is 11.6. The smallest absolute Gasteiger partial charge is 0.318 e. The van der Waals surface area contributed by atoms with E-state index in [2.05, 4.69) is 9.97 Å². The number of methoxy groups -OCH3 is 1. The molecule has 1 amide bonds. The number of carbonyl (C=O) groups excluding carboxylic acids is 1. The van der Waals surface area contributed by atoms with E-state index in [1.807, 2.05) is 6.07 Å². The number of rotatable bonds is 6. The van der Waals surface area contributed by atoms with Crippen LogP contribution >= 0.6 is 22.9 Å². The van der Waals surface area contributed by atoms with Crippen molar-refractivity contribution < 1.29 is 14.3 Å². The lowest BCUT2D eigenvalue weighted by Gasteiger charge is -2.08. The molecule has 7 nitrogen and oxygen atoms in total. The van der Waals surface area contributed by atoms with Crippen LogP contribution in [0.1, 0.15) is 9.67 Å². The summed E-state index contributed by atoms with van der Waals surface area (Å²) < 4.78 is 10.5. The Morgan fingerprint density at radius 2 is 2.12 bits per heavy atom. The van der Waals surface area contributed by atoms with Gasteiger partial charge in [0.2, 0.25) is 0 Å². The first-order valence-electron chi connectivity index (χ1n) is 7.28. The average molecular weight is 379 g/mol. The number of fused-ring (bicyclic) bond motifs is 1. The number of nitrogens with two attached hydrogens (primary N) is 2. The third-order valence-electron chi connectivity index (χ3n) is 3.41. The van der Waals surface area contributed by atoms with Crippen molar-refractivity contribution in [3.63, 3.8) is 0 Å². The summed E-state index contributed by atoms with van der Waals surface area (Å²) in [5.41, 5.74) is 13.0. The van der Waals surface area contributed by atoms with E-state index in [-0.39, 0.29) is 16.6 Å². The van der Waals surface area contributed by atoms with Crippen LogP contribution in [0.25, 0.3) is 21.5 Å². The van der Waals surface area contributed by atoms with Crippen molar-refractivity contribution in [2.75, 3.05) is 26.1 Å². The highest BCUT2D eigenvalue weighted by Gasteiger charge is 2.21. The second-order valence-corrected chi connectivity index (χ2v) is 6.53. The molecule has 0 fully saturated rings. The van der Waals surface area contributed by atoms with Gasteiger partial charge in [0.25, 0.3) is 5.91 Å². The highest BCUT2D eigenvalue weighted by atomic mass is 35.5. The molecule has 9 heteroatoms. The van der Waals surface area contributed by atoms with E-state index in [1.165, 1.54) is 0 Å². The second-order valence-electron chi connectivity index (χ2n) is 5.10. The van der Waals surface area contributed by atoms with Crippen LogP contribution in [-0.2, 0) is 4.74 Å². The molecule has 0 unspecified atom stereocenters. The summed E-state index contributed by atoms with van der Waals surface area (Å²) in [6, 6.07) is 7.31. The van der Waals surface area contributed by atoms with Crippen LogP contribution in [0.3, 0.4) is 0 Å². The van der Waals surface area contributed by atoms with E-state index in [0.29, 0.717) is 34.1 Å². The quantitative estimate of drug-likeness (QED) is 0.637. The highest BCUT2D eigenvalue weighted by molar-refractivity contribution is 7.21. The van der Waals surface area contributed by atoms with Gasteiger partial charge in [0, 0.05) is 17.7 Å². The largest absolute Gasteiger partial charge is 0.461 e. The summed E-state index contributed by atoms with van der Waals surface area (Å²) >= 11 is 7.19. The van der Waals surface area contributed by atoms with E-state index in [1.54, 1.807) is 25.3 Å². The number of anilines is 1. The molecule has 0 saturated heterocycles. The molecule has 25 heavy (non-hydrogen) atoms. The van der Waals surface area contributed by atoms with E-state index in [4.69, 9.17) is 32.5 Å². The maximum atomic E-state index is 11.6. The SMILES string of the molecule is COCCOc1nc(-c2cccc(Cl)c2)c2c(N)c(C(N)=O)sc2n1. The summed E-state index contributed by atoms with van der Waals surface area (Å²) in [4.78, 5) is 21.2. The zero-order valence-electron chi connectivity index (χ0n) is 13.3. The number of thiophene rings is 1. The van der Waals surface area contributed by atoms with Gasteiger partial charge in [-0.15, -0.1) is 11.3 Å². The van der Waals surface area contributed by atoms with E-state index >= 15 is 0 Å². The molecule has 1 aromatic carbocycles. The number of benzene rings is 1. The third kappa shape index (κ3) is 3.51. The normalized spacial score (nSPS) is 11.0. The number of halogens is 1. The molecule has 2 aromatic heterocycles. The Labute approximate surface area is 152 Å². The Morgan fingerprint density at radius 3 is 2.80 bits per heavy atom. The lowest BCUT2D eigenvalue weighted by Crippen LogP contribution is -2.10. The van der Waals surface area contributed by atoms with Crippen LogP contribution in [0.5, 0.6) is 6.01 Å². The number of nitrogens with zero attached hydrogens (tertiary/aromatic N) is 2. The molecule has 0 aliphatic carbocycles. The number of hydrogen-bond acceptors (Lipinski definition) is 7. The van der Waals surface area contributed by atoms with Crippen molar-refractivity contribution in [1.29, 1.82) is 0 Å². The molecule has 0 aliphatic rings. The van der Waals surface area contributed by atoms with Gasteiger partial charge in [-0.1, -0.05) is 23.7 Å². The van der Waals surface area contributed by atoms with Crippen molar-refractivity contribution in [3.05, 3.63) is 34.2 Å². The van der Waals surface area contributed by atoms with Gasteiger partial charge in [-0.05, 0) is 12.1 Å². The zero-order valence-corrected chi connectivity index (χ0v) is 14.9. The molecule has 3 rings (SSSR count). The number of nitrogen functional groups attached to an aromatic ring is 1. The Balaban J connectivity index is 2.21. The van der Waals surface area contributed by atoms with Crippen LogP contribution < -0.4 is 16.2 Å².